The summed E-state index contributed by atoms with van der Waals surface area (Å²) in [6.07, 6.45) is 3.30. The number of aromatic nitrogens is 3. The molecule has 0 saturated carbocycles. The second-order valence-electron chi connectivity index (χ2n) is 5.93. The predicted octanol–water partition coefficient (Wildman–Crippen LogP) is 4.94. The highest BCUT2D eigenvalue weighted by Gasteiger charge is 2.04. The summed E-state index contributed by atoms with van der Waals surface area (Å²) in [6.45, 7) is 0.708. The zero-order valence-electron chi connectivity index (χ0n) is 14.6. The summed E-state index contributed by atoms with van der Waals surface area (Å²) in [5, 5.41) is 3.32. The van der Waals surface area contributed by atoms with Gasteiger partial charge in [-0.2, -0.15) is 0 Å². The number of hydrogen-bond acceptors (Lipinski definition) is 5. The number of anilines is 1. The first kappa shape index (κ1) is 16.7. The maximum absolute atomic E-state index is 5.72. The minimum absolute atomic E-state index is 0.543. The van der Waals surface area contributed by atoms with E-state index < -0.39 is 0 Å². The largest absolute Gasteiger partial charge is 0.439 e. The fourth-order valence-corrected chi connectivity index (χ4v) is 2.60. The molecule has 27 heavy (non-hydrogen) atoms. The molecule has 2 aromatic carbocycles. The molecule has 0 aliphatic heterocycles. The quantitative estimate of drug-likeness (QED) is 0.531. The summed E-state index contributed by atoms with van der Waals surface area (Å²) in [6, 6.07) is 25.5. The predicted molar refractivity (Wildman–Crippen MR) is 106 cm³/mol. The lowest BCUT2D eigenvalue weighted by Crippen LogP contribution is -2.02. The molecule has 0 atom stereocenters. The minimum Gasteiger partial charge on any atom is -0.439 e. The number of ether oxygens (including phenoxy) is 1. The van der Waals surface area contributed by atoms with Crippen molar-refractivity contribution in [2.45, 2.75) is 6.54 Å². The fraction of sp³-hybridized carbons (Fsp3) is 0.0455. The third-order valence-corrected chi connectivity index (χ3v) is 3.98. The third kappa shape index (κ3) is 4.46. The highest BCUT2D eigenvalue weighted by Crippen LogP contribution is 2.23. The van der Waals surface area contributed by atoms with E-state index in [2.05, 4.69) is 32.4 Å². The summed E-state index contributed by atoms with van der Waals surface area (Å²) in [7, 11) is 0. The summed E-state index contributed by atoms with van der Waals surface area (Å²) >= 11 is 0. The zero-order valence-corrected chi connectivity index (χ0v) is 14.6. The Morgan fingerprint density at radius 1 is 0.778 bits per heavy atom. The summed E-state index contributed by atoms with van der Waals surface area (Å²) in [5.41, 5.74) is 2.90. The van der Waals surface area contributed by atoms with Crippen molar-refractivity contribution in [3.05, 3.63) is 97.0 Å². The van der Waals surface area contributed by atoms with Gasteiger partial charge >= 0.3 is 0 Å². The van der Waals surface area contributed by atoms with E-state index in [0.717, 1.165) is 22.8 Å². The number of hydrogen-bond donors (Lipinski definition) is 1. The molecule has 0 radical (unpaired) electrons. The van der Waals surface area contributed by atoms with Crippen molar-refractivity contribution in [1.29, 1.82) is 0 Å². The lowest BCUT2D eigenvalue weighted by Gasteiger charge is -2.08. The number of nitrogens with zero attached hydrogens (tertiary/aromatic N) is 3. The molecule has 0 fully saturated rings. The lowest BCUT2D eigenvalue weighted by molar-refractivity contribution is 0.463. The van der Waals surface area contributed by atoms with Crippen LogP contribution < -0.4 is 10.1 Å². The molecule has 0 aliphatic rings. The Hall–Kier alpha value is -3.73. The summed E-state index contributed by atoms with van der Waals surface area (Å²) in [5.74, 6) is 2.07. The van der Waals surface area contributed by atoms with Crippen molar-refractivity contribution in [3.63, 3.8) is 0 Å². The van der Waals surface area contributed by atoms with E-state index >= 15 is 0 Å². The van der Waals surface area contributed by atoms with Crippen molar-refractivity contribution >= 4 is 5.82 Å². The van der Waals surface area contributed by atoms with Crippen molar-refractivity contribution in [2.24, 2.45) is 0 Å². The van der Waals surface area contributed by atoms with Crippen molar-refractivity contribution in [2.75, 3.05) is 5.32 Å². The van der Waals surface area contributed by atoms with E-state index in [1.165, 1.54) is 5.56 Å². The minimum atomic E-state index is 0.543. The van der Waals surface area contributed by atoms with Gasteiger partial charge in [-0.1, -0.05) is 48.5 Å². The standard InChI is InChI=1S/C22H18N4O/c1-3-7-17(8-4-1)14-23-21-13-20(25-16-26-21)18-11-12-22(24-15-18)27-19-9-5-2-6-10-19/h1-13,15-16H,14H2,(H,23,25,26). The van der Waals surface area contributed by atoms with Crippen LogP contribution in [-0.4, -0.2) is 15.0 Å². The van der Waals surface area contributed by atoms with Gasteiger partial charge in [0.15, 0.2) is 0 Å². The van der Waals surface area contributed by atoms with Crippen LogP contribution in [0.4, 0.5) is 5.82 Å². The van der Waals surface area contributed by atoms with Crippen molar-refractivity contribution in [1.82, 2.24) is 15.0 Å². The van der Waals surface area contributed by atoms with Gasteiger partial charge in [-0.05, 0) is 23.8 Å². The van der Waals surface area contributed by atoms with E-state index in [4.69, 9.17) is 4.74 Å². The normalized spacial score (nSPS) is 10.4. The van der Waals surface area contributed by atoms with Gasteiger partial charge in [-0.3, -0.25) is 0 Å². The Bertz CT molecular complexity index is 989. The molecule has 0 aliphatic carbocycles. The van der Waals surface area contributed by atoms with E-state index in [0.29, 0.717) is 12.4 Å². The highest BCUT2D eigenvalue weighted by molar-refractivity contribution is 5.61. The molecule has 1 N–H and O–H groups in total. The zero-order chi connectivity index (χ0) is 18.3. The van der Waals surface area contributed by atoms with Crippen LogP contribution in [0.15, 0.2) is 91.4 Å². The van der Waals surface area contributed by atoms with E-state index in [9.17, 15) is 0 Å². The Kier molecular flexibility index (Phi) is 5.02. The van der Waals surface area contributed by atoms with E-state index in [1.54, 1.807) is 12.5 Å². The van der Waals surface area contributed by atoms with E-state index in [-0.39, 0.29) is 0 Å². The maximum atomic E-state index is 5.72. The average Bonchev–Trinajstić information content (AvgIpc) is 2.75. The first-order chi connectivity index (χ1) is 13.4. The molecular formula is C22H18N4O. The number of benzene rings is 2. The van der Waals surface area contributed by atoms with Gasteiger partial charge in [0.1, 0.15) is 17.9 Å². The van der Waals surface area contributed by atoms with Gasteiger partial charge in [0.25, 0.3) is 0 Å². The van der Waals surface area contributed by atoms with Crippen LogP contribution in [0.1, 0.15) is 5.56 Å². The number of para-hydroxylation sites is 1. The Morgan fingerprint density at radius 3 is 2.30 bits per heavy atom. The van der Waals surface area contributed by atoms with E-state index in [1.807, 2.05) is 66.7 Å². The van der Waals surface area contributed by atoms with Gasteiger partial charge in [0.2, 0.25) is 5.88 Å². The monoisotopic (exact) mass is 354 g/mol. The van der Waals surface area contributed by atoms with Crippen LogP contribution in [0.5, 0.6) is 11.6 Å². The summed E-state index contributed by atoms with van der Waals surface area (Å²) in [4.78, 5) is 13.0. The van der Waals surface area contributed by atoms with Gasteiger partial charge in [0.05, 0.1) is 5.69 Å². The number of nitrogens with one attached hydrogen (secondary N) is 1. The van der Waals surface area contributed by atoms with Crippen molar-refractivity contribution < 1.29 is 4.74 Å². The lowest BCUT2D eigenvalue weighted by atomic mass is 10.2. The molecule has 4 rings (SSSR count). The third-order valence-electron chi connectivity index (χ3n) is 3.98. The van der Waals surface area contributed by atoms with Crippen LogP contribution in [-0.2, 0) is 6.54 Å². The second kappa shape index (κ2) is 8.10. The van der Waals surface area contributed by atoms with Crippen LogP contribution in [0.25, 0.3) is 11.3 Å². The van der Waals surface area contributed by atoms with Crippen LogP contribution >= 0.6 is 0 Å². The molecule has 5 heteroatoms. The average molecular weight is 354 g/mol. The number of pyridine rings is 1. The molecular weight excluding hydrogens is 336 g/mol. The van der Waals surface area contributed by atoms with Crippen LogP contribution in [0, 0.1) is 0 Å². The highest BCUT2D eigenvalue weighted by atomic mass is 16.5. The van der Waals surface area contributed by atoms with Crippen LogP contribution in [0.2, 0.25) is 0 Å². The second-order valence-corrected chi connectivity index (χ2v) is 5.93. The Labute approximate surface area is 157 Å². The SMILES string of the molecule is c1ccc(CNc2cc(-c3ccc(Oc4ccccc4)nc3)ncn2)cc1. The van der Waals surface area contributed by atoms with Gasteiger partial charge in [-0.25, -0.2) is 15.0 Å². The first-order valence-electron chi connectivity index (χ1n) is 8.66. The molecule has 0 unspecified atom stereocenters. The molecule has 5 nitrogen and oxygen atoms in total. The Balaban J connectivity index is 1.45. The molecule has 0 amide bonds. The Morgan fingerprint density at radius 2 is 1.56 bits per heavy atom. The smallest absolute Gasteiger partial charge is 0.219 e. The molecule has 2 aromatic heterocycles. The van der Waals surface area contributed by atoms with Crippen molar-refractivity contribution in [3.8, 4) is 22.9 Å². The van der Waals surface area contributed by atoms with Gasteiger partial charge in [-0.15, -0.1) is 0 Å². The molecule has 132 valence electrons. The summed E-state index contributed by atoms with van der Waals surface area (Å²) < 4.78 is 5.72. The number of rotatable bonds is 6. The molecule has 0 saturated heterocycles. The fourth-order valence-electron chi connectivity index (χ4n) is 2.60. The maximum Gasteiger partial charge on any atom is 0.219 e. The van der Waals surface area contributed by atoms with Gasteiger partial charge < -0.3 is 10.1 Å². The van der Waals surface area contributed by atoms with Crippen LogP contribution in [0.3, 0.4) is 0 Å². The van der Waals surface area contributed by atoms with Gasteiger partial charge in [0, 0.05) is 30.4 Å². The topological polar surface area (TPSA) is 59.9 Å². The molecule has 0 bridgehead atoms. The molecule has 0 spiro atoms. The molecule has 4 aromatic rings. The first-order valence-corrected chi connectivity index (χ1v) is 8.66. The molecule has 2 heterocycles.